The number of alkyl halides is 3. The van der Waals surface area contributed by atoms with Gasteiger partial charge in [0, 0.05) is 20.3 Å². The number of halogens is 9. The van der Waals surface area contributed by atoms with Crippen LogP contribution in [0.3, 0.4) is 0 Å². The van der Waals surface area contributed by atoms with Gasteiger partial charge in [0.1, 0.15) is 29.1 Å². The second kappa shape index (κ2) is 49.5. The zero-order chi connectivity index (χ0) is 82.6. The molecule has 108 heavy (non-hydrogen) atoms. The van der Waals surface area contributed by atoms with Crippen LogP contribution >= 0.6 is 22.9 Å². The smallest absolute Gasteiger partial charge is 0.207 e. The molecular weight excluding hydrogens is 1400 g/mol. The molecule has 1 aromatic heterocycles. The van der Waals surface area contributed by atoms with E-state index in [0.29, 0.717) is 58.5 Å². The van der Waals surface area contributed by atoms with Crippen molar-refractivity contribution in [3.05, 3.63) is 338 Å². The van der Waals surface area contributed by atoms with Crippen molar-refractivity contribution in [2.75, 3.05) is 0 Å². The maximum absolute atomic E-state index is 13.0. The average Bonchev–Trinajstić information content (AvgIpc) is 0.968. The molecule has 0 aliphatic heterocycles. The minimum absolute atomic E-state index is 0.0967. The van der Waals surface area contributed by atoms with Crippen molar-refractivity contribution in [1.82, 2.24) is 0 Å². The molecule has 1 heterocycles. The third-order valence-corrected chi connectivity index (χ3v) is 18.9. The van der Waals surface area contributed by atoms with Gasteiger partial charge in [-0.3, -0.25) is 0 Å². The summed E-state index contributed by atoms with van der Waals surface area (Å²) in [5.74, 6) is 3.45. The molecule has 0 aliphatic rings. The molecular formula is C98H129ClF8S. The molecule has 0 bridgehead atoms. The molecule has 0 radical (unpaired) electrons. The molecule has 10 aromatic rings. The van der Waals surface area contributed by atoms with E-state index >= 15 is 0 Å². The van der Waals surface area contributed by atoms with E-state index in [9.17, 15) is 35.1 Å². The minimum Gasteiger partial charge on any atom is -0.207 e. The summed E-state index contributed by atoms with van der Waals surface area (Å²) in [5.41, 5.74) is 17.0. The van der Waals surface area contributed by atoms with Crippen LogP contribution < -0.4 is 0 Å². The van der Waals surface area contributed by atoms with Crippen LogP contribution in [0.5, 0.6) is 0 Å². The predicted octanol–water partition coefficient (Wildman–Crippen LogP) is 33.3. The van der Waals surface area contributed by atoms with E-state index in [1.54, 1.807) is 50.2 Å². The van der Waals surface area contributed by atoms with Gasteiger partial charge in [-0.1, -0.05) is 282 Å². The molecule has 590 valence electrons. The molecule has 9 aromatic carbocycles. The lowest BCUT2D eigenvalue weighted by molar-refractivity contribution is -0.137. The van der Waals surface area contributed by atoms with Crippen LogP contribution in [0.4, 0.5) is 35.1 Å². The standard InChI is InChI=1S/C11H13F3.C10H13Cl.C10H12F2.3C10H13F.2C10H14.C9H12.C8H12S/c1-7(2)9-4-8(3)5-10(6-9)11(12,13)14;1-7(2)9-4-8(3)5-10(11)6-9;1-6(2)8-4-9(11)7(3)10(12)5-8;2*1-7(2)9-4-8(3)5-10(11)6-9;1-7(2)9-5-4-8(3)10(11)6-9;2*1-8(2)10-6-4-9(3)5-7-10;1-8(2)9-6-4-3-5-7-9;1-6(2)8-5-4-7(3)9-8/h4-7H,1-3H3;4-7H,1-3H3;4-6H,1-3H3;3*4-7H,1-3H3;2*4-8H,1-3H3;3-8H,1-2H3;4-6H,1-3H3. The number of benzene rings is 9. The van der Waals surface area contributed by atoms with Crippen molar-refractivity contribution in [2.45, 2.75) is 266 Å². The molecule has 0 fully saturated rings. The Morgan fingerprint density at radius 3 is 0.880 bits per heavy atom. The molecule has 10 rings (SSSR count). The van der Waals surface area contributed by atoms with Gasteiger partial charge in [0.2, 0.25) is 0 Å². The minimum atomic E-state index is -4.24. The zero-order valence-electron chi connectivity index (χ0n) is 70.6. The van der Waals surface area contributed by atoms with E-state index in [1.807, 2.05) is 95.3 Å². The summed E-state index contributed by atoms with van der Waals surface area (Å²) in [6.07, 6.45) is -4.24. The van der Waals surface area contributed by atoms with E-state index in [0.717, 1.165) is 44.0 Å². The molecule has 0 saturated carbocycles. The number of rotatable bonds is 10. The largest absolute Gasteiger partial charge is 0.416 e. The number of hydrogen-bond acceptors (Lipinski definition) is 1. The highest BCUT2D eigenvalue weighted by molar-refractivity contribution is 7.12. The van der Waals surface area contributed by atoms with Crippen molar-refractivity contribution >= 4 is 22.9 Å². The number of aryl methyl sites for hydroxylation is 8. The molecule has 0 atom stereocenters. The Labute approximate surface area is 658 Å². The van der Waals surface area contributed by atoms with Crippen LogP contribution in [0.1, 0.15) is 308 Å². The van der Waals surface area contributed by atoms with Crippen LogP contribution in [0.2, 0.25) is 5.02 Å². The fourth-order valence-electron chi connectivity index (χ4n) is 10.1. The molecule has 0 N–H and O–H groups in total. The fourth-order valence-corrected chi connectivity index (χ4v) is 11.3. The Balaban J connectivity index is 0.000000601. The Hall–Kier alpha value is -7.59. The summed E-state index contributed by atoms with van der Waals surface area (Å²) < 4.78 is 102. The third kappa shape index (κ3) is 40.2. The van der Waals surface area contributed by atoms with E-state index < -0.39 is 23.4 Å². The van der Waals surface area contributed by atoms with Gasteiger partial charge in [0.15, 0.2) is 0 Å². The Kier molecular flexibility index (Phi) is 45.1. The van der Waals surface area contributed by atoms with Crippen molar-refractivity contribution in [3.63, 3.8) is 0 Å². The monoisotopic (exact) mass is 1520 g/mol. The number of hydrogen-bond donors (Lipinski definition) is 0. The van der Waals surface area contributed by atoms with E-state index in [1.165, 1.54) is 79.9 Å². The SMILES string of the molecule is CC(C)c1ccccc1.Cc1c(F)cc(C(C)C)cc1F.Cc1cc(C(C)C)cc(C(F)(F)F)c1.Cc1cc(Cl)cc(C(C)C)c1.Cc1cc(F)cc(C(C)C)c1.Cc1cc(F)cc(C(C)C)c1.Cc1ccc(C(C)C)cc1.Cc1ccc(C(C)C)cc1.Cc1ccc(C(C)C)cc1F.Cc1ccc(C(C)C)s1. The summed E-state index contributed by atoms with van der Waals surface area (Å²) in [7, 11) is 0. The molecule has 0 spiro atoms. The van der Waals surface area contributed by atoms with E-state index in [-0.39, 0.29) is 34.9 Å². The summed E-state index contributed by atoms with van der Waals surface area (Å²) in [4.78, 5) is 2.91. The normalized spacial score (nSPS) is 10.8. The van der Waals surface area contributed by atoms with Gasteiger partial charge in [0.05, 0.1) is 5.56 Å². The van der Waals surface area contributed by atoms with Gasteiger partial charge in [-0.25, -0.2) is 22.0 Å². The highest BCUT2D eigenvalue weighted by Crippen LogP contribution is 2.33. The second-order valence-electron chi connectivity index (χ2n) is 31.2. The Morgan fingerprint density at radius 1 is 0.269 bits per heavy atom. The summed E-state index contributed by atoms with van der Waals surface area (Å²) in [6, 6.07) is 61.2. The first-order valence-electron chi connectivity index (χ1n) is 38.1. The van der Waals surface area contributed by atoms with Crippen molar-refractivity contribution in [1.29, 1.82) is 0 Å². The predicted molar refractivity (Wildman–Crippen MR) is 456 cm³/mol. The lowest BCUT2D eigenvalue weighted by Gasteiger charge is -2.12. The zero-order valence-corrected chi connectivity index (χ0v) is 72.1. The molecule has 10 heteroatoms. The Morgan fingerprint density at radius 2 is 0.583 bits per heavy atom. The van der Waals surface area contributed by atoms with Crippen molar-refractivity contribution in [3.8, 4) is 0 Å². The van der Waals surface area contributed by atoms with Crippen LogP contribution in [0.25, 0.3) is 0 Å². The van der Waals surface area contributed by atoms with Crippen LogP contribution in [-0.4, -0.2) is 0 Å². The van der Waals surface area contributed by atoms with Gasteiger partial charge in [-0.2, -0.15) is 13.2 Å². The van der Waals surface area contributed by atoms with E-state index in [4.69, 9.17) is 11.6 Å². The quantitative estimate of drug-likeness (QED) is 0.120. The topological polar surface area (TPSA) is 0 Å². The highest BCUT2D eigenvalue weighted by Gasteiger charge is 2.31. The molecule has 0 amide bonds. The molecule has 0 nitrogen and oxygen atoms in total. The first-order chi connectivity index (χ1) is 50.1. The average molecular weight is 1530 g/mol. The maximum atomic E-state index is 13.0. The van der Waals surface area contributed by atoms with Crippen LogP contribution in [-0.2, 0) is 6.18 Å². The van der Waals surface area contributed by atoms with Crippen molar-refractivity contribution in [2.24, 2.45) is 0 Å². The fraction of sp³-hybridized carbons (Fsp3) is 0.408. The lowest BCUT2D eigenvalue weighted by Crippen LogP contribution is -2.06. The highest BCUT2D eigenvalue weighted by atomic mass is 35.5. The van der Waals surface area contributed by atoms with E-state index in [2.05, 4.69) is 229 Å². The van der Waals surface area contributed by atoms with Crippen LogP contribution in [0.15, 0.2) is 194 Å². The maximum Gasteiger partial charge on any atom is 0.416 e. The number of thiophene rings is 1. The first-order valence-corrected chi connectivity index (χ1v) is 39.3. The van der Waals surface area contributed by atoms with Gasteiger partial charge in [0.25, 0.3) is 0 Å². The van der Waals surface area contributed by atoms with Gasteiger partial charge >= 0.3 is 6.18 Å². The molecule has 0 saturated heterocycles. The van der Waals surface area contributed by atoms with Gasteiger partial charge in [-0.15, -0.1) is 11.3 Å². The van der Waals surface area contributed by atoms with Gasteiger partial charge < -0.3 is 0 Å². The third-order valence-electron chi connectivity index (χ3n) is 17.4. The molecule has 0 unspecified atom stereocenters. The van der Waals surface area contributed by atoms with Crippen molar-refractivity contribution < 1.29 is 35.1 Å². The van der Waals surface area contributed by atoms with Crippen LogP contribution in [0, 0.1) is 91.4 Å². The summed E-state index contributed by atoms with van der Waals surface area (Å²) >= 11 is 7.79. The Bertz CT molecular complexity index is 3880. The summed E-state index contributed by atoms with van der Waals surface area (Å²) in [5, 5.41) is 0.841. The second-order valence-corrected chi connectivity index (χ2v) is 32.9. The first kappa shape index (κ1) is 98.4. The molecule has 0 aliphatic carbocycles. The lowest BCUT2D eigenvalue weighted by atomic mass is 9.98. The van der Waals surface area contributed by atoms with Gasteiger partial charge in [-0.05, 0) is 273 Å². The summed E-state index contributed by atoms with van der Waals surface area (Å²) in [6.45, 7) is 59.2.